The highest BCUT2D eigenvalue weighted by Gasteiger charge is 2.02. The molecule has 15 heavy (non-hydrogen) atoms. The summed E-state index contributed by atoms with van der Waals surface area (Å²) in [6.07, 6.45) is 1.82. The molecule has 0 aromatic carbocycles. The highest BCUT2D eigenvalue weighted by atomic mass is 15.3. The van der Waals surface area contributed by atoms with E-state index in [-0.39, 0.29) is 0 Å². The lowest BCUT2D eigenvalue weighted by Crippen LogP contribution is -2.36. The summed E-state index contributed by atoms with van der Waals surface area (Å²) >= 11 is 0. The number of aliphatic imine (C=N–C) groups is 1. The molecule has 0 atom stereocenters. The monoisotopic (exact) mass is 209 g/mol. The number of rotatable bonds is 3. The van der Waals surface area contributed by atoms with Gasteiger partial charge in [-0.05, 0) is 20.8 Å². The second-order valence-electron chi connectivity index (χ2n) is 3.88. The van der Waals surface area contributed by atoms with E-state index in [1.54, 1.807) is 0 Å². The van der Waals surface area contributed by atoms with E-state index in [2.05, 4.69) is 15.4 Å². The fourth-order valence-corrected chi connectivity index (χ4v) is 1.21. The first kappa shape index (κ1) is 11.6. The quantitative estimate of drug-likeness (QED) is 0.564. The van der Waals surface area contributed by atoms with Gasteiger partial charge in [-0.15, -0.1) is 0 Å². The van der Waals surface area contributed by atoms with E-state index in [1.807, 2.05) is 38.7 Å². The third-order valence-corrected chi connectivity index (χ3v) is 2.19. The molecule has 0 amide bonds. The largest absolute Gasteiger partial charge is 0.370 e. The van der Waals surface area contributed by atoms with Gasteiger partial charge in [0, 0.05) is 24.3 Å². The Morgan fingerprint density at radius 3 is 2.80 bits per heavy atom. The summed E-state index contributed by atoms with van der Waals surface area (Å²) in [4.78, 5) is 4.24. The summed E-state index contributed by atoms with van der Waals surface area (Å²) in [5.41, 5.74) is 7.92. The summed E-state index contributed by atoms with van der Waals surface area (Å²) in [6.45, 7) is 6.64. The number of guanidine groups is 1. The molecule has 3 N–H and O–H groups in total. The zero-order valence-electron chi connectivity index (χ0n) is 9.78. The number of nitrogens with zero attached hydrogens (tertiary/aromatic N) is 3. The first-order valence-corrected chi connectivity index (χ1v) is 5.04. The van der Waals surface area contributed by atoms with Crippen LogP contribution in [0.4, 0.5) is 0 Å². The average Bonchev–Trinajstić information content (AvgIpc) is 2.44. The lowest BCUT2D eigenvalue weighted by Gasteiger charge is -2.08. The van der Waals surface area contributed by atoms with Crippen LogP contribution in [0.1, 0.15) is 25.1 Å². The molecule has 0 aliphatic heterocycles. The van der Waals surface area contributed by atoms with Crippen LogP contribution in [0.15, 0.2) is 11.2 Å². The molecule has 5 nitrogen and oxygen atoms in total. The van der Waals surface area contributed by atoms with E-state index in [0.29, 0.717) is 18.5 Å². The van der Waals surface area contributed by atoms with Crippen molar-refractivity contribution in [3.8, 4) is 0 Å². The van der Waals surface area contributed by atoms with Crippen molar-refractivity contribution in [1.29, 1.82) is 0 Å². The van der Waals surface area contributed by atoms with Gasteiger partial charge in [-0.3, -0.25) is 4.68 Å². The van der Waals surface area contributed by atoms with E-state index < -0.39 is 0 Å². The Hall–Kier alpha value is -1.52. The van der Waals surface area contributed by atoms with Crippen LogP contribution >= 0.6 is 0 Å². The number of nitrogens with two attached hydrogens (primary N) is 1. The Labute approximate surface area is 90.4 Å². The Kier molecular flexibility index (Phi) is 3.71. The van der Waals surface area contributed by atoms with Crippen LogP contribution in [-0.4, -0.2) is 21.8 Å². The van der Waals surface area contributed by atoms with E-state index in [9.17, 15) is 0 Å². The molecule has 0 fully saturated rings. The van der Waals surface area contributed by atoms with Crippen molar-refractivity contribution in [3.63, 3.8) is 0 Å². The van der Waals surface area contributed by atoms with E-state index >= 15 is 0 Å². The average molecular weight is 209 g/mol. The van der Waals surface area contributed by atoms with Crippen molar-refractivity contribution in [2.24, 2.45) is 17.8 Å². The van der Waals surface area contributed by atoms with Gasteiger partial charge >= 0.3 is 0 Å². The number of aromatic nitrogens is 2. The fraction of sp³-hybridized carbons (Fsp3) is 0.600. The molecule has 0 radical (unpaired) electrons. The molecule has 5 heteroatoms. The SMILES string of the molecule is Cc1c(CN=C(N)NC(C)C)cnn1C. The van der Waals surface area contributed by atoms with Crippen molar-refractivity contribution >= 4 is 5.96 Å². The van der Waals surface area contributed by atoms with Gasteiger partial charge in [0.25, 0.3) is 0 Å². The molecule has 0 bridgehead atoms. The zero-order chi connectivity index (χ0) is 11.4. The minimum Gasteiger partial charge on any atom is -0.370 e. The summed E-state index contributed by atoms with van der Waals surface area (Å²) in [6, 6.07) is 0.309. The molecule has 84 valence electrons. The molecule has 0 unspecified atom stereocenters. The number of nitrogens with one attached hydrogen (secondary N) is 1. The maximum Gasteiger partial charge on any atom is 0.189 e. The topological polar surface area (TPSA) is 68.2 Å². The molecule has 1 heterocycles. The minimum atomic E-state index is 0.309. The number of aryl methyl sites for hydroxylation is 1. The normalized spacial score (nSPS) is 12.2. The Morgan fingerprint density at radius 2 is 2.33 bits per heavy atom. The van der Waals surface area contributed by atoms with Crippen LogP contribution in [0.5, 0.6) is 0 Å². The van der Waals surface area contributed by atoms with Crippen molar-refractivity contribution in [2.75, 3.05) is 0 Å². The van der Waals surface area contributed by atoms with E-state index in [0.717, 1.165) is 11.3 Å². The smallest absolute Gasteiger partial charge is 0.189 e. The molecular formula is C10H19N5. The Balaban J connectivity index is 2.60. The minimum absolute atomic E-state index is 0.309. The predicted octanol–water partition coefficient (Wildman–Crippen LogP) is 0.541. The third-order valence-electron chi connectivity index (χ3n) is 2.19. The van der Waals surface area contributed by atoms with Crippen LogP contribution in [0.25, 0.3) is 0 Å². The van der Waals surface area contributed by atoms with Crippen LogP contribution in [0, 0.1) is 6.92 Å². The first-order valence-electron chi connectivity index (χ1n) is 5.04. The number of hydrogen-bond acceptors (Lipinski definition) is 2. The second kappa shape index (κ2) is 4.82. The van der Waals surface area contributed by atoms with Gasteiger partial charge in [0.2, 0.25) is 0 Å². The number of hydrogen-bond donors (Lipinski definition) is 2. The van der Waals surface area contributed by atoms with Crippen LogP contribution in [-0.2, 0) is 13.6 Å². The van der Waals surface area contributed by atoms with Crippen molar-refractivity contribution in [3.05, 3.63) is 17.5 Å². The van der Waals surface area contributed by atoms with E-state index in [4.69, 9.17) is 5.73 Å². The van der Waals surface area contributed by atoms with Crippen molar-refractivity contribution < 1.29 is 0 Å². The Morgan fingerprint density at radius 1 is 1.67 bits per heavy atom. The second-order valence-corrected chi connectivity index (χ2v) is 3.88. The van der Waals surface area contributed by atoms with Gasteiger partial charge in [-0.2, -0.15) is 5.10 Å². The molecule has 0 spiro atoms. The first-order chi connectivity index (χ1) is 7.00. The molecular weight excluding hydrogens is 190 g/mol. The van der Waals surface area contributed by atoms with Gasteiger partial charge in [-0.1, -0.05) is 0 Å². The zero-order valence-corrected chi connectivity index (χ0v) is 9.78. The molecule has 0 aliphatic carbocycles. The summed E-state index contributed by atoms with van der Waals surface area (Å²) in [7, 11) is 1.91. The lowest BCUT2D eigenvalue weighted by molar-refractivity contribution is 0.722. The third kappa shape index (κ3) is 3.27. The molecule has 1 aromatic rings. The lowest BCUT2D eigenvalue weighted by atomic mass is 10.3. The van der Waals surface area contributed by atoms with Gasteiger partial charge in [-0.25, -0.2) is 4.99 Å². The van der Waals surface area contributed by atoms with Crippen molar-refractivity contribution in [1.82, 2.24) is 15.1 Å². The van der Waals surface area contributed by atoms with Gasteiger partial charge < -0.3 is 11.1 Å². The highest BCUT2D eigenvalue weighted by Crippen LogP contribution is 2.06. The predicted molar refractivity (Wildman–Crippen MR) is 61.5 cm³/mol. The van der Waals surface area contributed by atoms with Gasteiger partial charge in [0.1, 0.15) is 0 Å². The van der Waals surface area contributed by atoms with Crippen molar-refractivity contribution in [2.45, 2.75) is 33.4 Å². The van der Waals surface area contributed by atoms with Gasteiger partial charge in [0.15, 0.2) is 5.96 Å². The standard InChI is InChI=1S/C10H19N5/c1-7(2)14-10(11)12-5-9-6-13-15(4)8(9)3/h6-7H,5H2,1-4H3,(H3,11,12,14). The maximum absolute atomic E-state index is 5.69. The van der Waals surface area contributed by atoms with Gasteiger partial charge in [0.05, 0.1) is 12.7 Å². The fourth-order valence-electron chi connectivity index (χ4n) is 1.21. The molecule has 0 saturated heterocycles. The summed E-state index contributed by atoms with van der Waals surface area (Å²) in [5.74, 6) is 0.480. The summed E-state index contributed by atoms with van der Waals surface area (Å²) < 4.78 is 1.83. The Bertz CT molecular complexity index is 351. The molecule has 1 aromatic heterocycles. The summed E-state index contributed by atoms with van der Waals surface area (Å²) in [5, 5.41) is 7.18. The maximum atomic E-state index is 5.69. The molecule has 1 rings (SSSR count). The van der Waals surface area contributed by atoms with Crippen LogP contribution in [0.2, 0.25) is 0 Å². The van der Waals surface area contributed by atoms with Crippen LogP contribution in [0.3, 0.4) is 0 Å². The van der Waals surface area contributed by atoms with Crippen LogP contribution < -0.4 is 11.1 Å². The van der Waals surface area contributed by atoms with E-state index in [1.165, 1.54) is 0 Å². The molecule has 0 saturated carbocycles. The molecule has 0 aliphatic rings. The highest BCUT2D eigenvalue weighted by molar-refractivity contribution is 5.78.